The Morgan fingerprint density at radius 3 is 2.88 bits per heavy atom. The molecule has 2 aliphatic rings. The van der Waals surface area contributed by atoms with Crippen LogP contribution < -0.4 is 11.1 Å². The number of amides is 2. The van der Waals surface area contributed by atoms with Gasteiger partial charge in [0.05, 0.1) is 0 Å². The average molecular weight is 367 g/mol. The van der Waals surface area contributed by atoms with Crippen molar-refractivity contribution in [1.29, 1.82) is 0 Å². The zero-order valence-electron chi connectivity index (χ0n) is 12.8. The van der Waals surface area contributed by atoms with Crippen molar-refractivity contribution in [3.05, 3.63) is 34.2 Å². The normalized spacial score (nSPS) is 26.9. The fourth-order valence-corrected chi connectivity index (χ4v) is 4.82. The van der Waals surface area contributed by atoms with E-state index >= 15 is 0 Å². The van der Waals surface area contributed by atoms with Crippen molar-refractivity contribution >= 4 is 40.9 Å². The Labute approximate surface area is 146 Å². The third-order valence-electron chi connectivity index (χ3n) is 3.90. The van der Waals surface area contributed by atoms with Crippen LogP contribution in [0.4, 0.5) is 0 Å². The summed E-state index contributed by atoms with van der Waals surface area (Å²) in [5.74, 6) is -1.84. The Balaban J connectivity index is 1.63. The molecule has 7 nitrogen and oxygen atoms in total. The molecule has 24 heavy (non-hydrogen) atoms. The van der Waals surface area contributed by atoms with Gasteiger partial charge in [0.25, 0.3) is 5.91 Å². The number of hydrogen-bond donors (Lipinski definition) is 3. The first-order valence-electron chi connectivity index (χ1n) is 7.40. The lowest BCUT2D eigenvalue weighted by Crippen LogP contribution is -2.70. The number of fused-ring (bicyclic) bond motifs is 1. The van der Waals surface area contributed by atoms with Crippen molar-refractivity contribution in [2.75, 3.05) is 0 Å². The summed E-state index contributed by atoms with van der Waals surface area (Å²) in [6, 6.07) is 2.61. The molecule has 4 atom stereocenters. The van der Waals surface area contributed by atoms with E-state index in [0.29, 0.717) is 0 Å². The van der Waals surface area contributed by atoms with Crippen molar-refractivity contribution in [2.45, 2.75) is 36.1 Å². The van der Waals surface area contributed by atoms with Gasteiger partial charge in [-0.25, -0.2) is 4.79 Å². The minimum atomic E-state index is -1.13. The summed E-state index contributed by atoms with van der Waals surface area (Å²) >= 11 is 2.93. The maximum absolute atomic E-state index is 12.2. The molecular weight excluding hydrogens is 350 g/mol. The summed E-state index contributed by atoms with van der Waals surface area (Å²) in [4.78, 5) is 37.8. The minimum Gasteiger partial charge on any atom is -0.477 e. The summed E-state index contributed by atoms with van der Waals surface area (Å²) in [6.07, 6.45) is 1.63. The van der Waals surface area contributed by atoms with Crippen LogP contribution in [0.1, 0.15) is 24.3 Å². The van der Waals surface area contributed by atoms with Gasteiger partial charge in [-0.3, -0.25) is 14.5 Å². The number of thioether (sulfide) groups is 1. The van der Waals surface area contributed by atoms with Gasteiger partial charge in [-0.15, -0.1) is 23.1 Å². The number of carboxylic acids is 1. The molecule has 1 saturated heterocycles. The van der Waals surface area contributed by atoms with E-state index < -0.39 is 24.0 Å². The lowest BCUT2D eigenvalue weighted by Gasteiger charge is -2.49. The van der Waals surface area contributed by atoms with Crippen LogP contribution in [0.2, 0.25) is 0 Å². The van der Waals surface area contributed by atoms with Gasteiger partial charge in [-0.1, -0.05) is 6.07 Å². The summed E-state index contributed by atoms with van der Waals surface area (Å²) in [5.41, 5.74) is 5.97. The molecule has 2 aliphatic heterocycles. The number of β-lactam (4-membered cyclic amide) rings is 1. The second kappa shape index (κ2) is 6.58. The van der Waals surface area contributed by atoms with Crippen molar-refractivity contribution in [1.82, 2.24) is 10.2 Å². The number of nitrogens with zero attached hydrogens (tertiary/aromatic N) is 1. The largest absolute Gasteiger partial charge is 0.477 e. The molecule has 2 amide bonds. The van der Waals surface area contributed by atoms with Gasteiger partial charge in [-0.05, 0) is 24.4 Å². The molecule has 3 unspecified atom stereocenters. The Morgan fingerprint density at radius 1 is 1.50 bits per heavy atom. The fraction of sp³-hybridized carbons (Fsp3) is 0.400. The van der Waals surface area contributed by atoms with E-state index in [0.717, 1.165) is 4.88 Å². The molecule has 0 saturated carbocycles. The Morgan fingerprint density at radius 2 is 2.25 bits per heavy atom. The van der Waals surface area contributed by atoms with E-state index in [1.807, 2.05) is 24.4 Å². The number of carbonyl (C=O) groups is 3. The van der Waals surface area contributed by atoms with Gasteiger partial charge in [0.15, 0.2) is 0 Å². The maximum Gasteiger partial charge on any atom is 0.352 e. The molecule has 0 bridgehead atoms. The molecule has 1 aromatic rings. The monoisotopic (exact) mass is 367 g/mol. The molecule has 1 fully saturated rings. The Hall–Kier alpha value is -1.84. The van der Waals surface area contributed by atoms with E-state index in [1.165, 1.54) is 28.0 Å². The van der Waals surface area contributed by atoms with Crippen LogP contribution in [0.3, 0.4) is 0 Å². The number of carbonyl (C=O) groups excluding carboxylic acids is 2. The molecule has 0 spiro atoms. The quantitative estimate of drug-likeness (QED) is 0.667. The summed E-state index contributed by atoms with van der Waals surface area (Å²) in [5, 5.41) is 13.4. The predicted octanol–water partition coefficient (Wildman–Crippen LogP) is 0.895. The van der Waals surface area contributed by atoms with Gasteiger partial charge in [-0.2, -0.15) is 0 Å². The second-order valence-electron chi connectivity index (χ2n) is 5.67. The van der Waals surface area contributed by atoms with Crippen LogP contribution >= 0.6 is 23.1 Å². The Bertz CT molecular complexity index is 704. The zero-order valence-corrected chi connectivity index (χ0v) is 14.5. The van der Waals surface area contributed by atoms with Gasteiger partial charge < -0.3 is 16.2 Å². The van der Waals surface area contributed by atoms with Crippen LogP contribution in [0.25, 0.3) is 0 Å². The lowest BCUT2D eigenvalue weighted by molar-refractivity contribution is -0.150. The van der Waals surface area contributed by atoms with E-state index in [-0.39, 0.29) is 28.6 Å². The topological polar surface area (TPSA) is 113 Å². The third-order valence-corrected chi connectivity index (χ3v) is 6.23. The minimum absolute atomic E-state index is 0.0166. The van der Waals surface area contributed by atoms with Crippen molar-refractivity contribution in [2.24, 2.45) is 5.73 Å². The second-order valence-corrected chi connectivity index (χ2v) is 8.15. The van der Waals surface area contributed by atoms with E-state index in [1.54, 1.807) is 6.08 Å². The van der Waals surface area contributed by atoms with Gasteiger partial charge >= 0.3 is 5.97 Å². The van der Waals surface area contributed by atoms with Gasteiger partial charge in [0.1, 0.15) is 17.1 Å². The molecule has 4 N–H and O–H groups in total. The number of hydrogen-bond acceptors (Lipinski definition) is 6. The summed E-state index contributed by atoms with van der Waals surface area (Å²) in [7, 11) is 0. The molecule has 0 aromatic carbocycles. The zero-order chi connectivity index (χ0) is 17.4. The van der Waals surface area contributed by atoms with Crippen molar-refractivity contribution < 1.29 is 19.5 Å². The number of carboxylic acid groups (broad SMARTS) is 1. The molecule has 0 radical (unpaired) electrons. The number of aliphatic carboxylic acids is 1. The summed E-state index contributed by atoms with van der Waals surface area (Å²) in [6.45, 7) is 1.86. The van der Waals surface area contributed by atoms with Crippen LogP contribution in [-0.4, -0.2) is 44.5 Å². The molecule has 3 heterocycles. The molecule has 0 aliphatic carbocycles. The first kappa shape index (κ1) is 17.0. The van der Waals surface area contributed by atoms with Crippen LogP contribution in [0.5, 0.6) is 0 Å². The first-order valence-corrected chi connectivity index (χ1v) is 9.22. The van der Waals surface area contributed by atoms with Crippen LogP contribution in [0.15, 0.2) is 29.3 Å². The molecule has 128 valence electrons. The standard InChI is InChI=1S/C15H17N3O4S2/c1-7-5-9(15(21)22)18-13(20)12(14(18)24-7)17-11(19)6-8(16)10-3-2-4-23-10/h2-5,7-8,12,14H,6,16H2,1H3,(H,17,19)(H,21,22)/t7?,8?,12?,14-/m1/s1. The van der Waals surface area contributed by atoms with E-state index in [9.17, 15) is 19.5 Å². The van der Waals surface area contributed by atoms with Crippen LogP contribution in [0, 0.1) is 0 Å². The highest BCUT2D eigenvalue weighted by molar-refractivity contribution is 8.00. The van der Waals surface area contributed by atoms with Crippen molar-refractivity contribution in [3.8, 4) is 0 Å². The Kier molecular flexibility index (Phi) is 4.66. The number of thiophene rings is 1. The van der Waals surface area contributed by atoms with E-state index in [2.05, 4.69) is 5.32 Å². The highest BCUT2D eigenvalue weighted by atomic mass is 32.2. The molecule has 1 aromatic heterocycles. The smallest absolute Gasteiger partial charge is 0.352 e. The van der Waals surface area contributed by atoms with Crippen LogP contribution in [-0.2, 0) is 14.4 Å². The summed E-state index contributed by atoms with van der Waals surface area (Å²) < 4.78 is 0. The molecule has 9 heteroatoms. The number of nitrogens with one attached hydrogen (secondary N) is 1. The SMILES string of the molecule is CC1C=C(C(=O)O)N2C(=O)C(NC(=O)CC(N)c3cccs3)[C@H]2S1. The van der Waals surface area contributed by atoms with Gasteiger partial charge in [0.2, 0.25) is 5.91 Å². The lowest BCUT2D eigenvalue weighted by atomic mass is 10.0. The third kappa shape index (κ3) is 3.06. The number of rotatable bonds is 5. The van der Waals surface area contributed by atoms with Gasteiger partial charge in [0, 0.05) is 22.6 Å². The molecular formula is C15H17N3O4S2. The first-order chi connectivity index (χ1) is 11.4. The van der Waals surface area contributed by atoms with E-state index in [4.69, 9.17) is 5.73 Å². The number of nitrogens with two attached hydrogens (primary N) is 1. The predicted molar refractivity (Wildman–Crippen MR) is 91.2 cm³/mol. The molecule has 3 rings (SSSR count). The highest BCUT2D eigenvalue weighted by Gasteiger charge is 2.53. The maximum atomic E-state index is 12.2. The highest BCUT2D eigenvalue weighted by Crippen LogP contribution is 2.40. The van der Waals surface area contributed by atoms with Crippen molar-refractivity contribution in [3.63, 3.8) is 0 Å². The average Bonchev–Trinajstić information content (AvgIpc) is 3.06. The fourth-order valence-electron chi connectivity index (χ4n) is 2.76.